The lowest BCUT2D eigenvalue weighted by Gasteiger charge is -2.15. The van der Waals surface area contributed by atoms with Crippen LogP contribution in [-0.4, -0.2) is 30.4 Å². The van der Waals surface area contributed by atoms with Crippen LogP contribution in [0.1, 0.15) is 29.0 Å². The number of amides is 1. The fourth-order valence-corrected chi connectivity index (χ4v) is 3.45. The Balaban J connectivity index is 1.91. The van der Waals surface area contributed by atoms with Gasteiger partial charge in [0.05, 0.1) is 16.3 Å². The summed E-state index contributed by atoms with van der Waals surface area (Å²) < 4.78 is 24.3. The van der Waals surface area contributed by atoms with Crippen LogP contribution in [0.3, 0.4) is 0 Å². The molecule has 0 bridgehead atoms. The number of hydrogen-bond donors (Lipinski definition) is 1. The minimum Gasteiger partial charge on any atom is -0.344 e. The largest absolute Gasteiger partial charge is 0.344 e. The van der Waals surface area contributed by atoms with Crippen molar-refractivity contribution in [2.75, 3.05) is 6.26 Å². The minimum absolute atomic E-state index is 0.160. The van der Waals surface area contributed by atoms with E-state index in [1.165, 1.54) is 19.2 Å². The van der Waals surface area contributed by atoms with Crippen molar-refractivity contribution in [3.8, 4) is 0 Å². The lowest BCUT2D eigenvalue weighted by Crippen LogP contribution is -2.31. The van der Waals surface area contributed by atoms with Gasteiger partial charge in [0.2, 0.25) is 0 Å². The van der Waals surface area contributed by atoms with E-state index in [1.54, 1.807) is 43.3 Å². The molecular formula is C19H19N3O4S. The zero-order valence-corrected chi connectivity index (χ0v) is 15.9. The van der Waals surface area contributed by atoms with Crippen LogP contribution < -0.4 is 10.9 Å². The molecule has 3 rings (SSSR count). The lowest BCUT2D eigenvalue weighted by atomic mass is 10.1. The first-order valence-electron chi connectivity index (χ1n) is 8.25. The summed E-state index contributed by atoms with van der Waals surface area (Å²) in [4.78, 5) is 25.1. The SMILES string of the molecule is C[C@@H](NC(=O)c1nn(C)c(=O)c2ccccc12)c1ccc(S(C)(=O)=O)cc1. The number of hydrogen-bond acceptors (Lipinski definition) is 5. The molecule has 3 aromatic rings. The number of carbonyl (C=O) groups is 1. The van der Waals surface area contributed by atoms with E-state index in [4.69, 9.17) is 0 Å². The molecule has 0 saturated carbocycles. The van der Waals surface area contributed by atoms with Gasteiger partial charge >= 0.3 is 0 Å². The van der Waals surface area contributed by atoms with Crippen molar-refractivity contribution in [1.82, 2.24) is 15.1 Å². The summed E-state index contributed by atoms with van der Waals surface area (Å²) in [6, 6.07) is 12.8. The molecule has 0 spiro atoms. The van der Waals surface area contributed by atoms with Crippen LogP contribution in [0.25, 0.3) is 10.8 Å². The highest BCUT2D eigenvalue weighted by molar-refractivity contribution is 7.90. The highest BCUT2D eigenvalue weighted by Gasteiger charge is 2.18. The first-order valence-corrected chi connectivity index (χ1v) is 10.1. The smallest absolute Gasteiger partial charge is 0.274 e. The van der Waals surface area contributed by atoms with Crippen molar-refractivity contribution in [2.24, 2.45) is 7.05 Å². The maximum atomic E-state index is 12.7. The Morgan fingerprint density at radius 1 is 1.07 bits per heavy atom. The Labute approximate surface area is 156 Å². The molecule has 0 unspecified atom stereocenters. The zero-order valence-electron chi connectivity index (χ0n) is 15.1. The molecule has 140 valence electrons. The average Bonchev–Trinajstić information content (AvgIpc) is 2.64. The summed E-state index contributed by atoms with van der Waals surface area (Å²) in [6.45, 7) is 1.79. The molecule has 27 heavy (non-hydrogen) atoms. The molecule has 1 atom stereocenters. The molecule has 2 aromatic carbocycles. The lowest BCUT2D eigenvalue weighted by molar-refractivity contribution is 0.0934. The van der Waals surface area contributed by atoms with Crippen LogP contribution in [0.15, 0.2) is 58.2 Å². The molecule has 0 fully saturated rings. The number of aryl methyl sites for hydroxylation is 1. The van der Waals surface area contributed by atoms with Gasteiger partial charge in [-0.05, 0) is 30.7 Å². The quantitative estimate of drug-likeness (QED) is 0.739. The van der Waals surface area contributed by atoms with Crippen LogP contribution in [0.2, 0.25) is 0 Å². The van der Waals surface area contributed by atoms with E-state index in [-0.39, 0.29) is 22.2 Å². The first-order chi connectivity index (χ1) is 12.7. The second-order valence-electron chi connectivity index (χ2n) is 6.36. The number of nitrogens with one attached hydrogen (secondary N) is 1. The normalized spacial score (nSPS) is 12.7. The molecule has 8 heteroatoms. The van der Waals surface area contributed by atoms with E-state index in [1.807, 2.05) is 0 Å². The predicted octanol–water partition coefficient (Wildman–Crippen LogP) is 1.83. The second-order valence-corrected chi connectivity index (χ2v) is 8.38. The fraction of sp³-hybridized carbons (Fsp3) is 0.211. The van der Waals surface area contributed by atoms with Gasteiger partial charge in [-0.15, -0.1) is 0 Å². The Kier molecular flexibility index (Phi) is 4.84. The number of nitrogens with zero attached hydrogens (tertiary/aromatic N) is 2. The Morgan fingerprint density at radius 3 is 2.26 bits per heavy atom. The molecule has 0 aliphatic rings. The second kappa shape index (κ2) is 6.96. The van der Waals surface area contributed by atoms with Gasteiger partial charge < -0.3 is 5.32 Å². The van der Waals surface area contributed by atoms with Gasteiger partial charge in [-0.25, -0.2) is 13.1 Å². The van der Waals surface area contributed by atoms with E-state index in [0.717, 1.165) is 16.5 Å². The third-order valence-corrected chi connectivity index (χ3v) is 5.46. The van der Waals surface area contributed by atoms with Crippen LogP contribution in [-0.2, 0) is 16.9 Å². The summed E-state index contributed by atoms with van der Waals surface area (Å²) in [5.41, 5.74) is 0.642. The molecule has 1 heterocycles. The van der Waals surface area contributed by atoms with Crippen LogP contribution in [0, 0.1) is 0 Å². The van der Waals surface area contributed by atoms with Crippen LogP contribution in [0.5, 0.6) is 0 Å². The number of carbonyl (C=O) groups excluding carboxylic acids is 1. The molecule has 0 saturated heterocycles. The van der Waals surface area contributed by atoms with E-state index in [0.29, 0.717) is 10.8 Å². The molecule has 7 nitrogen and oxygen atoms in total. The van der Waals surface area contributed by atoms with Gasteiger partial charge in [-0.2, -0.15) is 5.10 Å². The third-order valence-electron chi connectivity index (χ3n) is 4.33. The van der Waals surface area contributed by atoms with Gasteiger partial charge in [-0.1, -0.05) is 30.3 Å². The molecule has 1 amide bonds. The van der Waals surface area contributed by atoms with E-state index < -0.39 is 15.7 Å². The Hall–Kier alpha value is -3.00. The van der Waals surface area contributed by atoms with Crippen molar-refractivity contribution in [2.45, 2.75) is 17.9 Å². The Bertz CT molecular complexity index is 1180. The number of rotatable bonds is 4. The highest BCUT2D eigenvalue weighted by atomic mass is 32.2. The van der Waals surface area contributed by atoms with Crippen LogP contribution >= 0.6 is 0 Å². The number of aromatic nitrogens is 2. The number of benzene rings is 2. The maximum absolute atomic E-state index is 12.7. The molecule has 0 aliphatic heterocycles. The monoisotopic (exact) mass is 385 g/mol. The van der Waals surface area contributed by atoms with E-state index >= 15 is 0 Å². The molecule has 1 N–H and O–H groups in total. The minimum atomic E-state index is -3.27. The van der Waals surface area contributed by atoms with Crippen molar-refractivity contribution in [3.05, 3.63) is 70.1 Å². The van der Waals surface area contributed by atoms with Gasteiger partial charge in [-0.3, -0.25) is 9.59 Å². The van der Waals surface area contributed by atoms with Crippen molar-refractivity contribution < 1.29 is 13.2 Å². The number of fused-ring (bicyclic) bond motifs is 1. The van der Waals surface area contributed by atoms with Crippen molar-refractivity contribution >= 4 is 26.5 Å². The summed E-state index contributed by atoms with van der Waals surface area (Å²) in [5.74, 6) is -0.415. The summed E-state index contributed by atoms with van der Waals surface area (Å²) in [7, 11) is -1.78. The van der Waals surface area contributed by atoms with Crippen molar-refractivity contribution in [3.63, 3.8) is 0 Å². The Morgan fingerprint density at radius 2 is 1.67 bits per heavy atom. The van der Waals surface area contributed by atoms with Gasteiger partial charge in [0.1, 0.15) is 0 Å². The molecule has 1 aromatic heterocycles. The first kappa shape index (κ1) is 18.8. The highest BCUT2D eigenvalue weighted by Crippen LogP contribution is 2.18. The van der Waals surface area contributed by atoms with E-state index in [2.05, 4.69) is 10.4 Å². The van der Waals surface area contributed by atoms with Gasteiger partial charge in [0.25, 0.3) is 11.5 Å². The average molecular weight is 385 g/mol. The fourth-order valence-electron chi connectivity index (χ4n) is 2.82. The van der Waals surface area contributed by atoms with Crippen molar-refractivity contribution in [1.29, 1.82) is 0 Å². The standard InChI is InChI=1S/C19H19N3O4S/c1-12(13-8-10-14(11-9-13)27(3,25)26)20-18(23)17-15-6-4-5-7-16(15)19(24)22(2)21-17/h4-12H,1-3H3,(H,20,23)/t12-/m1/s1. The van der Waals surface area contributed by atoms with Crippen LogP contribution in [0.4, 0.5) is 0 Å². The summed E-state index contributed by atoms with van der Waals surface area (Å²) >= 11 is 0. The topological polar surface area (TPSA) is 98.1 Å². The third kappa shape index (κ3) is 3.75. The summed E-state index contributed by atoms with van der Waals surface area (Å²) in [6.07, 6.45) is 1.14. The maximum Gasteiger partial charge on any atom is 0.274 e. The van der Waals surface area contributed by atoms with E-state index in [9.17, 15) is 18.0 Å². The molecule has 0 radical (unpaired) electrons. The molecule has 0 aliphatic carbocycles. The summed E-state index contributed by atoms with van der Waals surface area (Å²) in [5, 5.41) is 7.86. The zero-order chi connectivity index (χ0) is 19.8. The predicted molar refractivity (Wildman–Crippen MR) is 102 cm³/mol. The molecular weight excluding hydrogens is 366 g/mol. The van der Waals surface area contributed by atoms with Gasteiger partial charge in [0.15, 0.2) is 15.5 Å². The van der Waals surface area contributed by atoms with Gasteiger partial charge in [0, 0.05) is 18.7 Å². The number of sulfone groups is 1.